The molecule has 3 aliphatic rings. The fraction of sp³-hybridized carbons (Fsp3) is 0.400. The maximum absolute atomic E-state index is 15.4. The number of cyclic esters (lactones) is 1. The Morgan fingerprint density at radius 1 is 0.971 bits per heavy atom. The number of carbonyl (C=O) groups excluding carboxylic acids is 7. The third kappa shape index (κ3) is 9.88. The number of hydrogen-bond acceptors (Lipinski definition) is 13. The number of aryl methyl sites for hydroxylation is 1. The quantitative estimate of drug-likeness (QED) is 0.0429. The lowest BCUT2D eigenvalue weighted by Crippen LogP contribution is -2.52. The molecular formula is C45H46F4N8O11. The minimum Gasteiger partial charge on any atom is -0.457 e. The molecule has 4 aromatic rings. The number of rotatable bonds is 17. The molecule has 0 saturated heterocycles. The molecule has 0 radical (unpaired) electrons. The van der Waals surface area contributed by atoms with Gasteiger partial charge in [0.15, 0.2) is 0 Å². The van der Waals surface area contributed by atoms with E-state index in [0.717, 1.165) is 5.56 Å². The monoisotopic (exact) mass is 950 g/mol. The first-order valence-electron chi connectivity index (χ1n) is 21.5. The number of esters is 2. The van der Waals surface area contributed by atoms with Crippen LogP contribution in [0.4, 0.5) is 17.6 Å². The molecule has 23 heteroatoms. The van der Waals surface area contributed by atoms with Gasteiger partial charge in [-0.25, -0.2) is 19.0 Å². The zero-order chi connectivity index (χ0) is 49.1. The molecule has 0 fully saturated rings. The average molecular weight is 951 g/mol. The van der Waals surface area contributed by atoms with Gasteiger partial charge in [-0.05, 0) is 54.5 Å². The molecule has 360 valence electrons. The van der Waals surface area contributed by atoms with E-state index < -0.39 is 109 Å². The van der Waals surface area contributed by atoms with Crippen molar-refractivity contribution in [2.24, 2.45) is 5.73 Å². The minimum absolute atomic E-state index is 0.0599. The predicted octanol–water partition coefficient (Wildman–Crippen LogP) is 0.795. The van der Waals surface area contributed by atoms with Crippen LogP contribution in [-0.4, -0.2) is 103 Å². The Bertz CT molecular complexity index is 2780. The number of hydrogen-bond donors (Lipinski definition) is 6. The highest BCUT2D eigenvalue weighted by Gasteiger charge is 2.55. The summed E-state index contributed by atoms with van der Waals surface area (Å²) in [7, 11) is 0. The number of pyridine rings is 2. The van der Waals surface area contributed by atoms with E-state index in [-0.39, 0.29) is 67.1 Å². The first-order chi connectivity index (χ1) is 32.4. The predicted molar refractivity (Wildman–Crippen MR) is 229 cm³/mol. The van der Waals surface area contributed by atoms with Crippen molar-refractivity contribution in [2.45, 2.75) is 76.5 Å². The van der Waals surface area contributed by atoms with Gasteiger partial charge in [0.1, 0.15) is 25.1 Å². The molecule has 2 aromatic carbocycles. The lowest BCUT2D eigenvalue weighted by Gasteiger charge is -2.35. The number of amides is 5. The highest BCUT2D eigenvalue weighted by atomic mass is 19.4. The third-order valence-corrected chi connectivity index (χ3v) is 12.0. The van der Waals surface area contributed by atoms with E-state index in [1.54, 1.807) is 37.3 Å². The highest BCUT2D eigenvalue weighted by molar-refractivity contribution is 5.95. The Kier molecular flexibility index (Phi) is 14.2. The van der Waals surface area contributed by atoms with E-state index >= 15 is 4.39 Å². The molecule has 0 saturated carbocycles. The molecule has 19 nitrogen and oxygen atoms in total. The molecule has 3 atom stereocenters. The van der Waals surface area contributed by atoms with Crippen molar-refractivity contribution in [3.63, 3.8) is 0 Å². The summed E-state index contributed by atoms with van der Waals surface area (Å²) < 4.78 is 72.5. The van der Waals surface area contributed by atoms with Gasteiger partial charge in [0.05, 0.1) is 61.3 Å². The first-order valence-corrected chi connectivity index (χ1v) is 21.5. The Hall–Kier alpha value is -7.27. The molecule has 7 rings (SSSR count). The third-order valence-electron chi connectivity index (χ3n) is 12.0. The van der Waals surface area contributed by atoms with E-state index in [9.17, 15) is 51.5 Å². The van der Waals surface area contributed by atoms with Crippen LogP contribution in [0, 0.1) is 12.7 Å². The van der Waals surface area contributed by atoms with Crippen molar-refractivity contribution in [1.82, 2.24) is 36.1 Å². The molecule has 0 spiro atoms. The standard InChI is InChI=1S/C45H46F4N8O11/c1-3-44(68-43(65)45(47,48)49)27-14-32-39-25(19-57(32)41(63)26(27)20-67-42(44)64)38-29(10-9-24-22(2)28(46)15-30(56-39)37(24)38)54-36(61)21-66-12-11-51-34(59)17-53-40(62)31(13-23-7-5-4-6-8-23)55-35(60)18-52-33(58)16-50/h4-8,14-15,29,31H,3,9-13,16-21,50H2,1-2H3,(H,51,59)(H,52,58)(H,53,62)(H,54,61)(H,55,60)/t29-,31-,44-/m0/s1. The second-order valence-electron chi connectivity index (χ2n) is 16.2. The number of aromatic nitrogens is 2. The summed E-state index contributed by atoms with van der Waals surface area (Å²) in [6, 6.07) is 9.46. The molecular weight excluding hydrogens is 905 g/mol. The van der Waals surface area contributed by atoms with Gasteiger partial charge in [-0.3, -0.25) is 28.8 Å². The number of halogens is 4. The van der Waals surface area contributed by atoms with Gasteiger partial charge in [0.2, 0.25) is 35.1 Å². The van der Waals surface area contributed by atoms with Crippen LogP contribution < -0.4 is 37.9 Å². The van der Waals surface area contributed by atoms with Crippen molar-refractivity contribution >= 4 is 52.4 Å². The lowest BCUT2D eigenvalue weighted by molar-refractivity contribution is -0.223. The van der Waals surface area contributed by atoms with Gasteiger partial charge in [-0.1, -0.05) is 37.3 Å². The second-order valence-corrected chi connectivity index (χ2v) is 16.2. The van der Waals surface area contributed by atoms with E-state index in [1.165, 1.54) is 23.6 Å². The fourth-order valence-electron chi connectivity index (χ4n) is 8.64. The SMILES string of the molecule is CC[C@@]1(OC(=O)C(F)(F)F)C(=O)OCc2c1cc1n(c2=O)Cc2c-1nc1cc(F)c(C)c3c1c2[C@@H](NC(=O)COCCNC(=O)CNC(=O)[C@H](Cc1ccccc1)NC(=O)CNC(=O)CN)CC3. The van der Waals surface area contributed by atoms with Gasteiger partial charge in [0, 0.05) is 35.5 Å². The second kappa shape index (κ2) is 19.9. The fourth-order valence-corrected chi connectivity index (χ4v) is 8.64. The Morgan fingerprint density at radius 2 is 1.71 bits per heavy atom. The summed E-state index contributed by atoms with van der Waals surface area (Å²) in [6.07, 6.45) is -5.28. The molecule has 4 heterocycles. The van der Waals surface area contributed by atoms with Crippen LogP contribution in [0.3, 0.4) is 0 Å². The van der Waals surface area contributed by atoms with E-state index in [2.05, 4.69) is 26.6 Å². The Balaban J connectivity index is 1.01. The number of fused-ring (bicyclic) bond motifs is 5. The van der Waals surface area contributed by atoms with Crippen molar-refractivity contribution in [2.75, 3.05) is 39.4 Å². The molecule has 2 aromatic heterocycles. The summed E-state index contributed by atoms with van der Waals surface area (Å²) in [5, 5.41) is 13.4. The zero-order valence-electron chi connectivity index (χ0n) is 36.7. The van der Waals surface area contributed by atoms with Crippen LogP contribution >= 0.6 is 0 Å². The average Bonchev–Trinajstić information content (AvgIpc) is 3.68. The van der Waals surface area contributed by atoms with Crippen molar-refractivity contribution < 1.29 is 65.3 Å². The topological polar surface area (TPSA) is 268 Å². The van der Waals surface area contributed by atoms with E-state index in [0.29, 0.717) is 34.1 Å². The van der Waals surface area contributed by atoms with Crippen LogP contribution in [0.5, 0.6) is 0 Å². The van der Waals surface area contributed by atoms with E-state index in [1.807, 2.05) is 0 Å². The maximum atomic E-state index is 15.4. The number of nitrogens with two attached hydrogens (primary N) is 1. The Labute approximate surface area is 383 Å². The minimum atomic E-state index is -5.48. The summed E-state index contributed by atoms with van der Waals surface area (Å²) in [5.41, 5.74) is 4.46. The van der Waals surface area contributed by atoms with Crippen LogP contribution in [0.25, 0.3) is 22.3 Å². The van der Waals surface area contributed by atoms with Crippen LogP contribution in [0.1, 0.15) is 64.8 Å². The smallest absolute Gasteiger partial charge is 0.457 e. The zero-order valence-corrected chi connectivity index (χ0v) is 36.7. The van der Waals surface area contributed by atoms with Crippen LogP contribution in [-0.2, 0) is 79.4 Å². The van der Waals surface area contributed by atoms with E-state index in [4.69, 9.17) is 24.9 Å². The molecule has 68 heavy (non-hydrogen) atoms. The van der Waals surface area contributed by atoms with Crippen LogP contribution in [0.2, 0.25) is 0 Å². The summed E-state index contributed by atoms with van der Waals surface area (Å²) in [4.78, 5) is 107. The number of alkyl halides is 3. The Morgan fingerprint density at radius 3 is 2.41 bits per heavy atom. The molecule has 5 amide bonds. The van der Waals surface area contributed by atoms with Gasteiger partial charge in [-0.15, -0.1) is 0 Å². The number of nitrogens with zero attached hydrogens (tertiary/aromatic N) is 2. The molecule has 1 aliphatic carbocycles. The van der Waals surface area contributed by atoms with Crippen molar-refractivity contribution in [3.05, 3.63) is 97.6 Å². The molecule has 0 bridgehead atoms. The largest absolute Gasteiger partial charge is 0.490 e. The highest BCUT2D eigenvalue weighted by Crippen LogP contribution is 2.47. The first kappa shape index (κ1) is 48.7. The molecule has 0 unspecified atom stereocenters. The lowest BCUT2D eigenvalue weighted by atomic mass is 9.81. The van der Waals surface area contributed by atoms with Gasteiger partial charge in [0.25, 0.3) is 5.56 Å². The van der Waals surface area contributed by atoms with Crippen molar-refractivity contribution in [1.29, 1.82) is 0 Å². The number of carbonyl (C=O) groups is 7. The number of benzene rings is 2. The summed E-state index contributed by atoms with van der Waals surface area (Å²) >= 11 is 0. The maximum Gasteiger partial charge on any atom is 0.490 e. The number of ether oxygens (including phenoxy) is 3. The van der Waals surface area contributed by atoms with Gasteiger partial charge in [-0.2, -0.15) is 13.2 Å². The molecule has 7 N–H and O–H groups in total. The summed E-state index contributed by atoms with van der Waals surface area (Å²) in [6.45, 7) is 0.322. The number of nitrogens with one attached hydrogen (secondary N) is 5. The normalized spacial score (nSPS) is 17.2. The molecule has 2 aliphatic heterocycles. The van der Waals surface area contributed by atoms with Gasteiger partial charge < -0.3 is 51.1 Å². The van der Waals surface area contributed by atoms with Crippen LogP contribution in [0.15, 0.2) is 47.3 Å². The van der Waals surface area contributed by atoms with Gasteiger partial charge >= 0.3 is 18.1 Å². The van der Waals surface area contributed by atoms with Crippen molar-refractivity contribution in [3.8, 4) is 11.4 Å². The summed E-state index contributed by atoms with van der Waals surface area (Å²) in [5.74, 6) is -7.56.